The van der Waals surface area contributed by atoms with Crippen LogP contribution in [0.3, 0.4) is 0 Å². The van der Waals surface area contributed by atoms with Crippen molar-refractivity contribution in [2.24, 2.45) is 5.92 Å². The molecule has 7 nitrogen and oxygen atoms in total. The summed E-state index contributed by atoms with van der Waals surface area (Å²) in [7, 11) is -3.72. The SMILES string of the molecule is O=C(O)[C@H]1CCN(S(=O)(=O)c2ccc3c(c2)OCCCO3)C1. The van der Waals surface area contributed by atoms with Gasteiger partial charge in [-0.05, 0) is 18.6 Å². The van der Waals surface area contributed by atoms with Gasteiger partial charge in [0, 0.05) is 25.6 Å². The lowest BCUT2D eigenvalue weighted by molar-refractivity contribution is -0.141. The van der Waals surface area contributed by atoms with Crippen LogP contribution in [0.5, 0.6) is 11.5 Å². The number of benzene rings is 1. The fourth-order valence-corrected chi connectivity index (χ4v) is 4.12. The molecule has 0 saturated carbocycles. The minimum absolute atomic E-state index is 0.00606. The van der Waals surface area contributed by atoms with Crippen molar-refractivity contribution < 1.29 is 27.8 Å². The number of sulfonamides is 1. The number of aliphatic carboxylic acids is 1. The summed E-state index contributed by atoms with van der Waals surface area (Å²) in [5, 5.41) is 9.00. The lowest BCUT2D eigenvalue weighted by atomic mass is 10.1. The monoisotopic (exact) mass is 327 g/mol. The van der Waals surface area contributed by atoms with Gasteiger partial charge in [0.25, 0.3) is 0 Å². The summed E-state index contributed by atoms with van der Waals surface area (Å²) in [6, 6.07) is 4.50. The van der Waals surface area contributed by atoms with E-state index >= 15 is 0 Å². The normalized spacial score (nSPS) is 22.3. The maximum absolute atomic E-state index is 12.6. The van der Waals surface area contributed by atoms with Crippen LogP contribution in [0.4, 0.5) is 0 Å². The van der Waals surface area contributed by atoms with Gasteiger partial charge in [0.05, 0.1) is 24.0 Å². The molecule has 0 aromatic heterocycles. The molecule has 1 fully saturated rings. The van der Waals surface area contributed by atoms with Crippen LogP contribution >= 0.6 is 0 Å². The Morgan fingerprint density at radius 2 is 1.95 bits per heavy atom. The number of hydrogen-bond donors (Lipinski definition) is 1. The molecule has 8 heteroatoms. The zero-order valence-corrected chi connectivity index (χ0v) is 12.7. The molecule has 1 aromatic carbocycles. The Kier molecular flexibility index (Phi) is 3.96. The molecule has 1 aromatic rings. The van der Waals surface area contributed by atoms with Gasteiger partial charge in [0.15, 0.2) is 11.5 Å². The van der Waals surface area contributed by atoms with Crippen LogP contribution in [0.15, 0.2) is 23.1 Å². The van der Waals surface area contributed by atoms with Crippen molar-refractivity contribution in [3.05, 3.63) is 18.2 Å². The van der Waals surface area contributed by atoms with Crippen molar-refractivity contribution in [1.82, 2.24) is 4.31 Å². The van der Waals surface area contributed by atoms with Gasteiger partial charge >= 0.3 is 5.97 Å². The number of carboxylic acids is 1. The molecule has 22 heavy (non-hydrogen) atoms. The average molecular weight is 327 g/mol. The van der Waals surface area contributed by atoms with E-state index in [9.17, 15) is 13.2 Å². The molecule has 0 unspecified atom stereocenters. The first-order valence-corrected chi connectivity index (χ1v) is 8.55. The second-order valence-corrected chi connectivity index (χ2v) is 7.28. The van der Waals surface area contributed by atoms with Crippen molar-refractivity contribution in [2.45, 2.75) is 17.7 Å². The van der Waals surface area contributed by atoms with Gasteiger partial charge < -0.3 is 14.6 Å². The van der Waals surface area contributed by atoms with Crippen molar-refractivity contribution in [1.29, 1.82) is 0 Å². The van der Waals surface area contributed by atoms with Gasteiger partial charge in [-0.25, -0.2) is 8.42 Å². The molecule has 1 atom stereocenters. The highest BCUT2D eigenvalue weighted by Crippen LogP contribution is 2.34. The van der Waals surface area contributed by atoms with Crippen molar-refractivity contribution in [2.75, 3.05) is 26.3 Å². The zero-order chi connectivity index (χ0) is 15.7. The predicted octanol–water partition coefficient (Wildman–Crippen LogP) is 0.943. The second-order valence-electron chi connectivity index (χ2n) is 5.35. The number of carboxylic acid groups (broad SMARTS) is 1. The molecular weight excluding hydrogens is 310 g/mol. The molecule has 0 radical (unpaired) electrons. The minimum atomic E-state index is -3.72. The summed E-state index contributed by atoms with van der Waals surface area (Å²) < 4.78 is 37.4. The van der Waals surface area contributed by atoms with Gasteiger partial charge in [-0.15, -0.1) is 0 Å². The smallest absolute Gasteiger partial charge is 0.307 e. The average Bonchev–Trinajstić information content (AvgIpc) is 2.88. The van der Waals surface area contributed by atoms with E-state index in [1.165, 1.54) is 16.4 Å². The number of fused-ring (bicyclic) bond motifs is 1. The molecule has 0 spiro atoms. The zero-order valence-electron chi connectivity index (χ0n) is 11.9. The van der Waals surface area contributed by atoms with Crippen LogP contribution in [0.2, 0.25) is 0 Å². The van der Waals surface area contributed by atoms with E-state index in [4.69, 9.17) is 14.6 Å². The summed E-state index contributed by atoms with van der Waals surface area (Å²) in [6.07, 6.45) is 1.07. The molecule has 3 rings (SSSR count). The Hall–Kier alpha value is -1.80. The molecule has 0 amide bonds. The Morgan fingerprint density at radius 3 is 2.64 bits per heavy atom. The number of ether oxygens (including phenoxy) is 2. The highest BCUT2D eigenvalue weighted by Gasteiger charge is 2.36. The van der Waals surface area contributed by atoms with Crippen LogP contribution in [0.1, 0.15) is 12.8 Å². The third-order valence-corrected chi connectivity index (χ3v) is 5.72. The summed E-state index contributed by atoms with van der Waals surface area (Å²) in [4.78, 5) is 11.1. The van der Waals surface area contributed by atoms with E-state index in [-0.39, 0.29) is 18.0 Å². The fourth-order valence-electron chi connectivity index (χ4n) is 2.60. The van der Waals surface area contributed by atoms with E-state index in [0.29, 0.717) is 31.1 Å². The first kappa shape index (κ1) is 15.1. The van der Waals surface area contributed by atoms with Gasteiger partial charge in [0.1, 0.15) is 0 Å². The lowest BCUT2D eigenvalue weighted by Gasteiger charge is -2.17. The highest BCUT2D eigenvalue weighted by molar-refractivity contribution is 7.89. The molecule has 0 bridgehead atoms. The highest BCUT2D eigenvalue weighted by atomic mass is 32.2. The van der Waals surface area contributed by atoms with Crippen LogP contribution in [-0.2, 0) is 14.8 Å². The van der Waals surface area contributed by atoms with Crippen LogP contribution in [-0.4, -0.2) is 50.1 Å². The number of nitrogens with zero attached hydrogens (tertiary/aromatic N) is 1. The van der Waals surface area contributed by atoms with E-state index < -0.39 is 21.9 Å². The number of hydrogen-bond acceptors (Lipinski definition) is 5. The van der Waals surface area contributed by atoms with E-state index in [2.05, 4.69) is 0 Å². The molecule has 1 saturated heterocycles. The molecule has 0 aliphatic carbocycles. The largest absolute Gasteiger partial charge is 0.490 e. The van der Waals surface area contributed by atoms with E-state index in [1.54, 1.807) is 6.07 Å². The molecule has 2 aliphatic rings. The summed E-state index contributed by atoms with van der Waals surface area (Å²) >= 11 is 0. The first-order chi connectivity index (χ1) is 10.5. The minimum Gasteiger partial charge on any atom is -0.490 e. The maximum atomic E-state index is 12.6. The Balaban J connectivity index is 1.87. The van der Waals surface area contributed by atoms with Crippen molar-refractivity contribution in [3.8, 4) is 11.5 Å². The standard InChI is InChI=1S/C14H17NO6S/c16-14(17)10-4-5-15(9-10)22(18,19)11-2-3-12-13(8-11)21-7-1-6-20-12/h2-3,8,10H,1,4-7,9H2,(H,16,17)/t10-/m0/s1. The van der Waals surface area contributed by atoms with Gasteiger partial charge in [-0.1, -0.05) is 0 Å². The third-order valence-electron chi connectivity index (χ3n) is 3.86. The lowest BCUT2D eigenvalue weighted by Crippen LogP contribution is -2.30. The van der Waals surface area contributed by atoms with Crippen LogP contribution < -0.4 is 9.47 Å². The van der Waals surface area contributed by atoms with E-state index in [1.807, 2.05) is 0 Å². The molecule has 2 heterocycles. The molecule has 120 valence electrons. The number of rotatable bonds is 3. The Morgan fingerprint density at radius 1 is 1.23 bits per heavy atom. The van der Waals surface area contributed by atoms with E-state index in [0.717, 1.165) is 6.42 Å². The summed E-state index contributed by atoms with van der Waals surface area (Å²) in [5.41, 5.74) is 0. The second kappa shape index (κ2) is 5.77. The van der Waals surface area contributed by atoms with Crippen LogP contribution in [0.25, 0.3) is 0 Å². The van der Waals surface area contributed by atoms with Crippen molar-refractivity contribution >= 4 is 16.0 Å². The van der Waals surface area contributed by atoms with Gasteiger partial charge in [-0.3, -0.25) is 4.79 Å². The maximum Gasteiger partial charge on any atom is 0.307 e. The third kappa shape index (κ3) is 2.76. The predicted molar refractivity (Wildman–Crippen MR) is 76.6 cm³/mol. The van der Waals surface area contributed by atoms with Crippen molar-refractivity contribution in [3.63, 3.8) is 0 Å². The van der Waals surface area contributed by atoms with Gasteiger partial charge in [0.2, 0.25) is 10.0 Å². The van der Waals surface area contributed by atoms with Crippen LogP contribution in [0, 0.1) is 5.92 Å². The quantitative estimate of drug-likeness (QED) is 0.888. The Labute approximate surface area is 128 Å². The first-order valence-electron chi connectivity index (χ1n) is 7.11. The molecule has 2 aliphatic heterocycles. The summed E-state index contributed by atoms with van der Waals surface area (Å²) in [6.45, 7) is 1.23. The van der Waals surface area contributed by atoms with Gasteiger partial charge in [-0.2, -0.15) is 4.31 Å². The molecular formula is C14H17NO6S. The summed E-state index contributed by atoms with van der Waals surface area (Å²) in [5.74, 6) is -0.666. The molecule has 1 N–H and O–H groups in total. The topological polar surface area (TPSA) is 93.1 Å². The fraction of sp³-hybridized carbons (Fsp3) is 0.500. The number of carbonyl (C=O) groups is 1. The Bertz CT molecular complexity index is 687.